The van der Waals surface area contributed by atoms with Crippen LogP contribution in [0.15, 0.2) is 16.6 Å². The molecule has 1 aliphatic carbocycles. The van der Waals surface area contributed by atoms with Crippen molar-refractivity contribution in [3.8, 4) is 0 Å². The Balaban J connectivity index is 2.56. The Morgan fingerprint density at radius 3 is 3.00 bits per heavy atom. The van der Waals surface area contributed by atoms with Gasteiger partial charge < -0.3 is 5.73 Å². The highest BCUT2D eigenvalue weighted by Crippen LogP contribution is 2.35. The molecule has 2 rings (SSSR count). The first-order valence-corrected chi connectivity index (χ1v) is 5.59. The fourth-order valence-corrected chi connectivity index (χ4v) is 2.90. The van der Waals surface area contributed by atoms with E-state index >= 15 is 0 Å². The smallest absolute Gasteiger partial charge is 0.0420 e. The average molecular weight is 261 g/mol. The molecule has 0 fully saturated rings. The van der Waals surface area contributed by atoms with Gasteiger partial charge in [-0.15, -0.1) is 0 Å². The third-order valence-electron chi connectivity index (χ3n) is 2.54. The highest BCUT2D eigenvalue weighted by atomic mass is 79.9. The lowest BCUT2D eigenvalue weighted by molar-refractivity contribution is 0.569. The maximum atomic E-state index is 6.00. The van der Waals surface area contributed by atoms with Gasteiger partial charge in [0, 0.05) is 15.5 Å². The number of fused-ring (bicyclic) bond motifs is 1. The van der Waals surface area contributed by atoms with Crippen LogP contribution in [0.1, 0.15) is 30.0 Å². The molecule has 0 radical (unpaired) electrons. The van der Waals surface area contributed by atoms with Gasteiger partial charge in [0.15, 0.2) is 0 Å². The number of halogens is 2. The molecule has 1 aromatic rings. The quantitative estimate of drug-likeness (QED) is 0.760. The molecule has 3 heteroatoms. The van der Waals surface area contributed by atoms with Gasteiger partial charge in [-0.3, -0.25) is 0 Å². The van der Waals surface area contributed by atoms with E-state index in [9.17, 15) is 0 Å². The molecule has 1 aromatic carbocycles. The molecule has 0 bridgehead atoms. The molecule has 0 aliphatic heterocycles. The van der Waals surface area contributed by atoms with Crippen LogP contribution in [0, 0.1) is 0 Å². The molecule has 13 heavy (non-hydrogen) atoms. The number of rotatable bonds is 0. The van der Waals surface area contributed by atoms with Gasteiger partial charge in [0.2, 0.25) is 0 Å². The van der Waals surface area contributed by atoms with Crippen molar-refractivity contribution in [3.63, 3.8) is 0 Å². The summed E-state index contributed by atoms with van der Waals surface area (Å²) in [5.74, 6) is 0. The van der Waals surface area contributed by atoms with Crippen LogP contribution in [-0.4, -0.2) is 0 Å². The van der Waals surface area contributed by atoms with Crippen LogP contribution < -0.4 is 5.73 Å². The van der Waals surface area contributed by atoms with Crippen molar-refractivity contribution in [1.29, 1.82) is 0 Å². The molecule has 0 spiro atoms. The summed E-state index contributed by atoms with van der Waals surface area (Å²) in [5.41, 5.74) is 8.55. The predicted molar refractivity (Wildman–Crippen MR) is 59.0 cm³/mol. The summed E-state index contributed by atoms with van der Waals surface area (Å²) in [6.45, 7) is 0. The van der Waals surface area contributed by atoms with E-state index in [0.717, 1.165) is 22.3 Å². The molecule has 70 valence electrons. The lowest BCUT2D eigenvalue weighted by Crippen LogP contribution is -2.17. The number of hydrogen-bond donors (Lipinski definition) is 1. The zero-order chi connectivity index (χ0) is 9.42. The van der Waals surface area contributed by atoms with Gasteiger partial charge in [-0.2, -0.15) is 0 Å². The van der Waals surface area contributed by atoms with Gasteiger partial charge >= 0.3 is 0 Å². The second kappa shape index (κ2) is 3.60. The van der Waals surface area contributed by atoms with E-state index in [2.05, 4.69) is 15.9 Å². The maximum Gasteiger partial charge on any atom is 0.0420 e. The minimum Gasteiger partial charge on any atom is -0.324 e. The Bertz CT molecular complexity index is 338. The summed E-state index contributed by atoms with van der Waals surface area (Å²) < 4.78 is 1.10. The van der Waals surface area contributed by atoms with Gasteiger partial charge in [0.25, 0.3) is 0 Å². The van der Waals surface area contributed by atoms with Gasteiger partial charge in [0.05, 0.1) is 0 Å². The molecule has 0 unspecified atom stereocenters. The van der Waals surface area contributed by atoms with E-state index in [1.165, 1.54) is 17.5 Å². The standard InChI is InChI=1S/C10H11BrClN/c11-9-5-6(12)4-8-7(9)2-1-3-10(8)13/h4-5,10H,1-3,13H2/t10-/m0/s1. The van der Waals surface area contributed by atoms with Crippen LogP contribution >= 0.6 is 27.5 Å². The maximum absolute atomic E-state index is 6.00. The van der Waals surface area contributed by atoms with Crippen LogP contribution in [-0.2, 0) is 6.42 Å². The van der Waals surface area contributed by atoms with Crippen molar-refractivity contribution in [3.05, 3.63) is 32.8 Å². The second-order valence-corrected chi connectivity index (χ2v) is 4.74. The SMILES string of the molecule is N[C@H]1CCCc2c(Br)cc(Cl)cc21. The van der Waals surface area contributed by atoms with Gasteiger partial charge in [-0.05, 0) is 42.5 Å². The molecule has 0 saturated heterocycles. The summed E-state index contributed by atoms with van der Waals surface area (Å²) in [6, 6.07) is 4.10. The van der Waals surface area contributed by atoms with Crippen molar-refractivity contribution in [2.24, 2.45) is 5.73 Å². The van der Waals surface area contributed by atoms with Gasteiger partial charge in [-0.25, -0.2) is 0 Å². The molecule has 0 heterocycles. The third-order valence-corrected chi connectivity index (χ3v) is 3.46. The highest BCUT2D eigenvalue weighted by molar-refractivity contribution is 9.10. The topological polar surface area (TPSA) is 26.0 Å². The Morgan fingerprint density at radius 1 is 1.46 bits per heavy atom. The molecule has 0 amide bonds. The van der Waals surface area contributed by atoms with E-state index in [-0.39, 0.29) is 6.04 Å². The van der Waals surface area contributed by atoms with Crippen LogP contribution in [0.25, 0.3) is 0 Å². The molecule has 0 saturated carbocycles. The number of nitrogens with two attached hydrogens (primary N) is 1. The van der Waals surface area contributed by atoms with E-state index in [1.54, 1.807) is 0 Å². The molecular weight excluding hydrogens is 249 g/mol. The zero-order valence-corrected chi connectivity index (χ0v) is 9.53. The van der Waals surface area contributed by atoms with Crippen molar-refractivity contribution in [1.82, 2.24) is 0 Å². The average Bonchev–Trinajstić information content (AvgIpc) is 2.07. The Kier molecular flexibility index (Phi) is 2.63. The van der Waals surface area contributed by atoms with Crippen molar-refractivity contribution in [2.45, 2.75) is 25.3 Å². The fourth-order valence-electron chi connectivity index (χ4n) is 1.87. The molecule has 1 nitrogen and oxygen atoms in total. The van der Waals surface area contributed by atoms with Crippen LogP contribution in [0.2, 0.25) is 5.02 Å². The first-order chi connectivity index (χ1) is 6.18. The Labute approximate surface area is 91.4 Å². The van der Waals surface area contributed by atoms with E-state index in [0.29, 0.717) is 0 Å². The minimum atomic E-state index is 0.166. The first kappa shape index (κ1) is 9.50. The van der Waals surface area contributed by atoms with Crippen LogP contribution in [0.5, 0.6) is 0 Å². The van der Waals surface area contributed by atoms with Gasteiger partial charge in [0.1, 0.15) is 0 Å². The number of hydrogen-bond acceptors (Lipinski definition) is 1. The lowest BCUT2D eigenvalue weighted by atomic mass is 9.88. The summed E-state index contributed by atoms with van der Waals surface area (Å²) >= 11 is 9.48. The summed E-state index contributed by atoms with van der Waals surface area (Å²) in [7, 11) is 0. The number of benzene rings is 1. The normalized spacial score (nSPS) is 21.3. The Hall–Kier alpha value is -0.0500. The van der Waals surface area contributed by atoms with E-state index in [4.69, 9.17) is 17.3 Å². The molecule has 1 atom stereocenters. The summed E-state index contributed by atoms with van der Waals surface area (Å²) in [5, 5.41) is 0.767. The van der Waals surface area contributed by atoms with E-state index < -0.39 is 0 Å². The van der Waals surface area contributed by atoms with Crippen molar-refractivity contribution < 1.29 is 0 Å². The summed E-state index contributed by atoms with van der Waals surface area (Å²) in [4.78, 5) is 0. The molecule has 0 aromatic heterocycles. The predicted octanol–water partition coefficient (Wildman–Crippen LogP) is 3.44. The fraction of sp³-hybridized carbons (Fsp3) is 0.400. The summed E-state index contributed by atoms with van der Waals surface area (Å²) in [6.07, 6.45) is 3.36. The highest BCUT2D eigenvalue weighted by Gasteiger charge is 2.19. The molecular formula is C10H11BrClN. The Morgan fingerprint density at radius 2 is 2.23 bits per heavy atom. The minimum absolute atomic E-state index is 0.166. The monoisotopic (exact) mass is 259 g/mol. The molecule has 2 N–H and O–H groups in total. The second-order valence-electron chi connectivity index (χ2n) is 3.45. The first-order valence-electron chi connectivity index (χ1n) is 4.42. The van der Waals surface area contributed by atoms with Crippen LogP contribution in [0.4, 0.5) is 0 Å². The largest absolute Gasteiger partial charge is 0.324 e. The van der Waals surface area contributed by atoms with Crippen molar-refractivity contribution in [2.75, 3.05) is 0 Å². The lowest BCUT2D eigenvalue weighted by Gasteiger charge is -2.23. The van der Waals surface area contributed by atoms with Crippen LogP contribution in [0.3, 0.4) is 0 Å². The molecule has 1 aliphatic rings. The van der Waals surface area contributed by atoms with Crippen molar-refractivity contribution >= 4 is 27.5 Å². The van der Waals surface area contributed by atoms with Gasteiger partial charge in [-0.1, -0.05) is 27.5 Å². The third kappa shape index (κ3) is 1.76. The zero-order valence-electron chi connectivity index (χ0n) is 7.19. The van der Waals surface area contributed by atoms with E-state index in [1.807, 2.05) is 12.1 Å².